The summed E-state index contributed by atoms with van der Waals surface area (Å²) < 4.78 is 0. The highest BCUT2D eigenvalue weighted by molar-refractivity contribution is 6.30. The molecule has 0 aliphatic rings. The lowest BCUT2D eigenvalue weighted by atomic mass is 10.1. The number of hydrogen-bond donors (Lipinski definition) is 2. The van der Waals surface area contributed by atoms with Gasteiger partial charge in [-0.25, -0.2) is 0 Å². The van der Waals surface area contributed by atoms with Crippen molar-refractivity contribution in [3.63, 3.8) is 0 Å². The number of nitrogens with one attached hydrogen (secondary N) is 2. The molecule has 6 nitrogen and oxygen atoms in total. The van der Waals surface area contributed by atoms with Crippen molar-refractivity contribution in [2.75, 3.05) is 5.32 Å². The van der Waals surface area contributed by atoms with Gasteiger partial charge in [-0.2, -0.15) is 5.21 Å². The molecule has 2 aromatic carbocycles. The van der Waals surface area contributed by atoms with Crippen molar-refractivity contribution in [1.29, 1.82) is 0 Å². The molecule has 1 heterocycles. The maximum absolute atomic E-state index is 12.1. The number of tetrazole rings is 1. The van der Waals surface area contributed by atoms with Gasteiger partial charge < -0.3 is 5.32 Å². The van der Waals surface area contributed by atoms with Crippen molar-refractivity contribution < 1.29 is 4.79 Å². The molecule has 0 radical (unpaired) electrons. The van der Waals surface area contributed by atoms with E-state index in [4.69, 9.17) is 11.6 Å². The molecule has 1 aromatic heterocycles. The highest BCUT2D eigenvalue weighted by atomic mass is 35.5. The van der Waals surface area contributed by atoms with Gasteiger partial charge in [0.15, 0.2) is 0 Å². The number of aromatic amines is 1. The van der Waals surface area contributed by atoms with E-state index in [-0.39, 0.29) is 12.3 Å². The number of benzene rings is 2. The van der Waals surface area contributed by atoms with E-state index in [1.54, 1.807) is 18.2 Å². The first-order valence-corrected chi connectivity index (χ1v) is 6.97. The summed E-state index contributed by atoms with van der Waals surface area (Å²) in [6.45, 7) is 0. The molecule has 0 aliphatic carbocycles. The maximum Gasteiger partial charge on any atom is 0.228 e. The first-order chi connectivity index (χ1) is 10.7. The van der Waals surface area contributed by atoms with Gasteiger partial charge in [-0.3, -0.25) is 4.79 Å². The Hall–Kier alpha value is -2.73. The molecule has 1 amide bonds. The summed E-state index contributed by atoms with van der Waals surface area (Å²) >= 11 is 5.82. The summed E-state index contributed by atoms with van der Waals surface area (Å²) in [5.74, 6) is 0.376. The Bertz CT molecular complexity index is 771. The molecular weight excluding hydrogens is 302 g/mol. The molecule has 7 heteroatoms. The summed E-state index contributed by atoms with van der Waals surface area (Å²) in [6, 6.07) is 14.5. The van der Waals surface area contributed by atoms with Crippen molar-refractivity contribution >= 4 is 23.2 Å². The minimum absolute atomic E-state index is 0.104. The minimum Gasteiger partial charge on any atom is -0.326 e. The average Bonchev–Trinajstić information content (AvgIpc) is 3.04. The van der Waals surface area contributed by atoms with Crippen LogP contribution in [-0.4, -0.2) is 26.5 Å². The number of nitrogens with zero attached hydrogens (tertiary/aromatic N) is 3. The van der Waals surface area contributed by atoms with Crippen LogP contribution in [0.5, 0.6) is 0 Å². The van der Waals surface area contributed by atoms with Gasteiger partial charge in [-0.15, -0.1) is 10.2 Å². The zero-order chi connectivity index (χ0) is 15.4. The molecular formula is C15H12ClN5O. The second-order valence-corrected chi connectivity index (χ2v) is 5.10. The zero-order valence-corrected chi connectivity index (χ0v) is 12.2. The third-order valence-corrected chi connectivity index (χ3v) is 3.28. The molecule has 3 aromatic rings. The second kappa shape index (κ2) is 6.36. The number of anilines is 1. The topological polar surface area (TPSA) is 83.6 Å². The second-order valence-electron chi connectivity index (χ2n) is 4.67. The van der Waals surface area contributed by atoms with Crippen molar-refractivity contribution in [3.05, 3.63) is 59.1 Å². The smallest absolute Gasteiger partial charge is 0.228 e. The first-order valence-electron chi connectivity index (χ1n) is 6.59. The summed E-state index contributed by atoms with van der Waals surface area (Å²) in [5, 5.41) is 17.2. The Kier molecular flexibility index (Phi) is 4.11. The number of carbonyl (C=O) groups excluding carboxylic acids is 1. The Morgan fingerprint density at radius 2 is 2.00 bits per heavy atom. The van der Waals surface area contributed by atoms with E-state index >= 15 is 0 Å². The van der Waals surface area contributed by atoms with Gasteiger partial charge in [0.2, 0.25) is 11.7 Å². The van der Waals surface area contributed by atoms with Gasteiger partial charge in [0, 0.05) is 16.3 Å². The lowest BCUT2D eigenvalue weighted by molar-refractivity contribution is -0.115. The number of halogens is 1. The van der Waals surface area contributed by atoms with Crippen LogP contribution in [0.1, 0.15) is 5.56 Å². The monoisotopic (exact) mass is 313 g/mol. The molecule has 22 heavy (non-hydrogen) atoms. The Labute approximate surface area is 131 Å². The van der Waals surface area contributed by atoms with Crippen molar-refractivity contribution in [1.82, 2.24) is 20.6 Å². The van der Waals surface area contributed by atoms with Gasteiger partial charge in [0.25, 0.3) is 0 Å². The molecule has 0 unspecified atom stereocenters. The lowest BCUT2D eigenvalue weighted by Gasteiger charge is -2.06. The van der Waals surface area contributed by atoms with E-state index in [1.165, 1.54) is 0 Å². The van der Waals surface area contributed by atoms with E-state index < -0.39 is 0 Å². The van der Waals surface area contributed by atoms with Crippen LogP contribution in [-0.2, 0) is 11.2 Å². The van der Waals surface area contributed by atoms with Crippen LogP contribution in [0.25, 0.3) is 11.4 Å². The molecule has 0 spiro atoms. The van der Waals surface area contributed by atoms with Crippen LogP contribution < -0.4 is 5.32 Å². The summed E-state index contributed by atoms with van der Waals surface area (Å²) in [7, 11) is 0. The largest absolute Gasteiger partial charge is 0.326 e. The van der Waals surface area contributed by atoms with Gasteiger partial charge in [0.05, 0.1) is 6.42 Å². The number of hydrogen-bond acceptors (Lipinski definition) is 4. The predicted octanol–water partition coefficient (Wildman–Crippen LogP) is 2.70. The number of H-pyrrole nitrogens is 1. The summed E-state index contributed by atoms with van der Waals surface area (Å²) in [6.07, 6.45) is 0.281. The molecule has 0 saturated heterocycles. The van der Waals surface area contributed by atoms with Crippen LogP contribution in [0.2, 0.25) is 5.02 Å². The molecule has 2 N–H and O–H groups in total. The van der Waals surface area contributed by atoms with Crippen molar-refractivity contribution in [2.45, 2.75) is 6.42 Å². The van der Waals surface area contributed by atoms with Crippen LogP contribution >= 0.6 is 11.6 Å². The highest BCUT2D eigenvalue weighted by Crippen LogP contribution is 2.18. The molecule has 3 rings (SSSR count). The van der Waals surface area contributed by atoms with Gasteiger partial charge in [0.1, 0.15) is 0 Å². The fraction of sp³-hybridized carbons (Fsp3) is 0.0667. The molecule has 110 valence electrons. The van der Waals surface area contributed by atoms with Crippen LogP contribution in [0.4, 0.5) is 5.69 Å². The van der Waals surface area contributed by atoms with Crippen LogP contribution in [0.15, 0.2) is 48.5 Å². The quantitative estimate of drug-likeness (QED) is 0.775. The molecule has 0 atom stereocenters. The average molecular weight is 314 g/mol. The molecule has 0 bridgehead atoms. The van der Waals surface area contributed by atoms with Crippen LogP contribution in [0, 0.1) is 0 Å². The number of rotatable bonds is 4. The predicted molar refractivity (Wildman–Crippen MR) is 83.4 cm³/mol. The minimum atomic E-state index is -0.104. The normalized spacial score (nSPS) is 10.4. The van der Waals surface area contributed by atoms with E-state index in [2.05, 4.69) is 25.9 Å². The standard InChI is InChI=1S/C15H12ClN5O/c16-12-6-4-10(5-7-12)8-14(22)17-13-3-1-2-11(9-13)15-18-20-21-19-15/h1-7,9H,8H2,(H,17,22)(H,18,19,20,21). The van der Waals surface area contributed by atoms with Gasteiger partial charge in [-0.1, -0.05) is 35.9 Å². The zero-order valence-electron chi connectivity index (χ0n) is 11.5. The summed E-state index contributed by atoms with van der Waals surface area (Å²) in [5.41, 5.74) is 2.36. The van der Waals surface area contributed by atoms with Crippen molar-refractivity contribution in [3.8, 4) is 11.4 Å². The van der Waals surface area contributed by atoms with Gasteiger partial charge >= 0.3 is 0 Å². The molecule has 0 saturated carbocycles. The summed E-state index contributed by atoms with van der Waals surface area (Å²) in [4.78, 5) is 12.1. The molecule has 0 aliphatic heterocycles. The van der Waals surface area contributed by atoms with Gasteiger partial charge in [-0.05, 0) is 35.0 Å². The number of aromatic nitrogens is 4. The first kappa shape index (κ1) is 14.2. The fourth-order valence-corrected chi connectivity index (χ4v) is 2.14. The van der Waals surface area contributed by atoms with E-state index in [9.17, 15) is 4.79 Å². The Morgan fingerprint density at radius 3 is 2.73 bits per heavy atom. The SMILES string of the molecule is O=C(Cc1ccc(Cl)cc1)Nc1cccc(-c2nn[nH]n2)c1. The highest BCUT2D eigenvalue weighted by Gasteiger charge is 2.07. The van der Waals surface area contributed by atoms with E-state index in [0.29, 0.717) is 16.5 Å². The van der Waals surface area contributed by atoms with Crippen molar-refractivity contribution in [2.24, 2.45) is 0 Å². The Balaban J connectivity index is 1.69. The third-order valence-electron chi connectivity index (χ3n) is 3.03. The van der Waals surface area contributed by atoms with E-state index in [0.717, 1.165) is 11.1 Å². The lowest BCUT2D eigenvalue weighted by Crippen LogP contribution is -2.14. The third kappa shape index (κ3) is 3.48. The molecule has 0 fully saturated rings. The fourth-order valence-electron chi connectivity index (χ4n) is 2.01. The number of carbonyl (C=O) groups is 1. The van der Waals surface area contributed by atoms with E-state index in [1.807, 2.05) is 30.3 Å². The maximum atomic E-state index is 12.1. The van der Waals surface area contributed by atoms with Crippen LogP contribution in [0.3, 0.4) is 0 Å². The Morgan fingerprint density at radius 1 is 1.18 bits per heavy atom. The number of amides is 1.